The van der Waals surface area contributed by atoms with Gasteiger partial charge >= 0.3 is 0 Å². The molecule has 0 saturated carbocycles. The van der Waals surface area contributed by atoms with Crippen LogP contribution >= 0.6 is 39.1 Å². The third kappa shape index (κ3) is 2.86. The van der Waals surface area contributed by atoms with Gasteiger partial charge < -0.3 is 5.73 Å². The van der Waals surface area contributed by atoms with Gasteiger partial charge in [0.1, 0.15) is 0 Å². The SMILES string of the molecule is NC(=O)Cc1cc(Cl)c(Br)c(Cl)c1. The lowest BCUT2D eigenvalue weighted by Crippen LogP contribution is -2.13. The Bertz CT molecular complexity index is 331. The molecule has 1 amide bonds. The molecule has 0 heterocycles. The first-order valence-electron chi connectivity index (χ1n) is 3.42. The van der Waals surface area contributed by atoms with Crippen molar-refractivity contribution in [2.24, 2.45) is 5.73 Å². The van der Waals surface area contributed by atoms with Crippen LogP contribution in [-0.2, 0) is 11.2 Å². The van der Waals surface area contributed by atoms with Crippen LogP contribution in [0.1, 0.15) is 5.56 Å². The summed E-state index contributed by atoms with van der Waals surface area (Å²) >= 11 is 14.8. The van der Waals surface area contributed by atoms with Crippen LogP contribution < -0.4 is 5.73 Å². The van der Waals surface area contributed by atoms with Crippen molar-refractivity contribution in [2.45, 2.75) is 6.42 Å². The molecule has 0 aliphatic rings. The summed E-state index contributed by atoms with van der Waals surface area (Å²) in [5.74, 6) is -0.408. The molecule has 2 N–H and O–H groups in total. The number of benzene rings is 1. The van der Waals surface area contributed by atoms with Crippen molar-refractivity contribution in [1.82, 2.24) is 0 Å². The molecule has 5 heteroatoms. The molecule has 0 spiro atoms. The predicted octanol–water partition coefficient (Wildman–Crippen LogP) is 2.78. The molecule has 1 aromatic rings. The average Bonchev–Trinajstić information content (AvgIpc) is 1.98. The first kappa shape index (κ1) is 10.8. The van der Waals surface area contributed by atoms with E-state index in [1.54, 1.807) is 12.1 Å². The number of hydrogen-bond donors (Lipinski definition) is 1. The Hall–Kier alpha value is -0.250. The summed E-state index contributed by atoms with van der Waals surface area (Å²) < 4.78 is 0.629. The normalized spacial score (nSPS) is 10.1. The molecule has 0 bridgehead atoms. The molecule has 1 rings (SSSR count). The first-order chi connectivity index (χ1) is 6.00. The van der Waals surface area contributed by atoms with Crippen LogP contribution in [0.5, 0.6) is 0 Å². The van der Waals surface area contributed by atoms with E-state index < -0.39 is 5.91 Å². The van der Waals surface area contributed by atoms with Gasteiger partial charge in [0.2, 0.25) is 5.91 Å². The fourth-order valence-electron chi connectivity index (χ4n) is 0.911. The van der Waals surface area contributed by atoms with Crippen molar-refractivity contribution in [3.63, 3.8) is 0 Å². The molecule has 0 fully saturated rings. The summed E-state index contributed by atoms with van der Waals surface area (Å²) in [7, 11) is 0. The van der Waals surface area contributed by atoms with Crippen LogP contribution in [0.2, 0.25) is 10.0 Å². The minimum atomic E-state index is -0.408. The van der Waals surface area contributed by atoms with Crippen LogP contribution in [0.4, 0.5) is 0 Å². The summed E-state index contributed by atoms with van der Waals surface area (Å²) in [5, 5.41) is 0.951. The standard InChI is InChI=1S/C8H6BrCl2NO/c9-8-5(10)1-4(2-6(8)11)3-7(12)13/h1-2H,3H2,(H2,12,13). The topological polar surface area (TPSA) is 43.1 Å². The molecule has 0 aromatic heterocycles. The Morgan fingerprint density at radius 1 is 1.38 bits per heavy atom. The Balaban J connectivity index is 3.06. The van der Waals surface area contributed by atoms with Gasteiger partial charge in [0.05, 0.1) is 20.9 Å². The largest absolute Gasteiger partial charge is 0.369 e. The van der Waals surface area contributed by atoms with Gasteiger partial charge in [-0.2, -0.15) is 0 Å². The second kappa shape index (κ2) is 4.31. The highest BCUT2D eigenvalue weighted by Gasteiger charge is 2.06. The molecule has 0 radical (unpaired) electrons. The van der Waals surface area contributed by atoms with E-state index in [0.717, 1.165) is 0 Å². The third-order valence-corrected chi connectivity index (χ3v) is 3.33. The van der Waals surface area contributed by atoms with Crippen molar-refractivity contribution in [1.29, 1.82) is 0 Å². The number of hydrogen-bond acceptors (Lipinski definition) is 1. The summed E-state index contributed by atoms with van der Waals surface area (Å²) in [6, 6.07) is 3.31. The second-order valence-electron chi connectivity index (χ2n) is 2.52. The highest BCUT2D eigenvalue weighted by molar-refractivity contribution is 9.10. The van der Waals surface area contributed by atoms with E-state index in [2.05, 4.69) is 15.9 Å². The highest BCUT2D eigenvalue weighted by atomic mass is 79.9. The predicted molar refractivity (Wildman–Crippen MR) is 57.1 cm³/mol. The molecular weight excluding hydrogens is 277 g/mol. The summed E-state index contributed by atoms with van der Waals surface area (Å²) in [6.07, 6.45) is 0.146. The van der Waals surface area contributed by atoms with Crippen molar-refractivity contribution in [3.05, 3.63) is 32.2 Å². The molecule has 0 atom stereocenters. The smallest absolute Gasteiger partial charge is 0.221 e. The molecule has 0 aliphatic heterocycles. The minimum absolute atomic E-state index is 0.146. The van der Waals surface area contributed by atoms with E-state index in [1.165, 1.54) is 0 Å². The number of halogens is 3. The lowest BCUT2D eigenvalue weighted by atomic mass is 10.1. The van der Waals surface area contributed by atoms with Gasteiger partial charge in [-0.15, -0.1) is 0 Å². The van der Waals surface area contributed by atoms with E-state index in [9.17, 15) is 4.79 Å². The van der Waals surface area contributed by atoms with Gasteiger partial charge in [0.15, 0.2) is 0 Å². The van der Waals surface area contributed by atoms with E-state index >= 15 is 0 Å². The van der Waals surface area contributed by atoms with Crippen LogP contribution in [0, 0.1) is 0 Å². The minimum Gasteiger partial charge on any atom is -0.369 e. The fourth-order valence-corrected chi connectivity index (χ4v) is 1.67. The number of amides is 1. The van der Waals surface area contributed by atoms with Crippen LogP contribution in [0.3, 0.4) is 0 Å². The monoisotopic (exact) mass is 281 g/mol. The first-order valence-corrected chi connectivity index (χ1v) is 4.97. The lowest BCUT2D eigenvalue weighted by Gasteiger charge is -2.03. The zero-order valence-electron chi connectivity index (χ0n) is 6.48. The van der Waals surface area contributed by atoms with E-state index in [0.29, 0.717) is 20.1 Å². The van der Waals surface area contributed by atoms with Gasteiger partial charge in [-0.3, -0.25) is 4.79 Å². The zero-order valence-corrected chi connectivity index (χ0v) is 9.58. The number of rotatable bonds is 2. The molecule has 0 aliphatic carbocycles. The summed E-state index contributed by atoms with van der Waals surface area (Å²) in [5.41, 5.74) is 5.74. The van der Waals surface area contributed by atoms with Crippen molar-refractivity contribution >= 4 is 45.0 Å². The maximum absolute atomic E-state index is 10.6. The quantitative estimate of drug-likeness (QED) is 0.833. The van der Waals surface area contributed by atoms with Gasteiger partial charge in [-0.05, 0) is 33.6 Å². The Morgan fingerprint density at radius 2 is 1.85 bits per heavy atom. The maximum Gasteiger partial charge on any atom is 0.221 e. The van der Waals surface area contributed by atoms with E-state index in [-0.39, 0.29) is 6.42 Å². The van der Waals surface area contributed by atoms with Crippen molar-refractivity contribution < 1.29 is 4.79 Å². The van der Waals surface area contributed by atoms with Crippen LogP contribution in [0.15, 0.2) is 16.6 Å². The molecule has 0 unspecified atom stereocenters. The third-order valence-electron chi connectivity index (χ3n) is 1.42. The van der Waals surface area contributed by atoms with E-state index in [4.69, 9.17) is 28.9 Å². The van der Waals surface area contributed by atoms with Gasteiger partial charge in [0, 0.05) is 0 Å². The summed E-state index contributed by atoms with van der Waals surface area (Å²) in [4.78, 5) is 10.6. The lowest BCUT2D eigenvalue weighted by molar-refractivity contribution is -0.117. The highest BCUT2D eigenvalue weighted by Crippen LogP contribution is 2.31. The van der Waals surface area contributed by atoms with Gasteiger partial charge in [-0.25, -0.2) is 0 Å². The van der Waals surface area contributed by atoms with E-state index in [1.807, 2.05) is 0 Å². The Labute approximate surface area is 94.1 Å². The molecule has 1 aromatic carbocycles. The number of nitrogens with two attached hydrogens (primary N) is 1. The number of primary amides is 1. The molecule has 13 heavy (non-hydrogen) atoms. The Morgan fingerprint density at radius 3 is 2.23 bits per heavy atom. The molecular formula is C8H6BrCl2NO. The fraction of sp³-hybridized carbons (Fsp3) is 0.125. The molecule has 70 valence electrons. The van der Waals surface area contributed by atoms with Crippen LogP contribution in [-0.4, -0.2) is 5.91 Å². The van der Waals surface area contributed by atoms with Crippen molar-refractivity contribution in [2.75, 3.05) is 0 Å². The number of carbonyl (C=O) groups is 1. The Kier molecular flexibility index (Phi) is 3.59. The second-order valence-corrected chi connectivity index (χ2v) is 4.12. The van der Waals surface area contributed by atoms with Crippen LogP contribution in [0.25, 0.3) is 0 Å². The average molecular weight is 283 g/mol. The van der Waals surface area contributed by atoms with Gasteiger partial charge in [-0.1, -0.05) is 23.2 Å². The number of carbonyl (C=O) groups excluding carboxylic acids is 1. The van der Waals surface area contributed by atoms with Gasteiger partial charge in [0.25, 0.3) is 0 Å². The summed E-state index contributed by atoms with van der Waals surface area (Å²) in [6.45, 7) is 0. The molecule has 0 saturated heterocycles. The van der Waals surface area contributed by atoms with Crippen molar-refractivity contribution in [3.8, 4) is 0 Å². The zero-order chi connectivity index (χ0) is 10.0. The molecule has 2 nitrogen and oxygen atoms in total. The maximum atomic E-state index is 10.6.